The highest BCUT2D eigenvalue weighted by atomic mass is 16.5. The number of hydrogen-bond acceptors (Lipinski definition) is 10. The van der Waals surface area contributed by atoms with E-state index in [-0.39, 0.29) is 53.2 Å². The standard InChI is InChI=1S/C52H67N11O6/c1-30(2)42(53-50(66)69-9)48(64)61-28-10-12-40(61)46-54-44(56-58-46)34-18-14-32(15-19-34)38-26-27-39(63(38)37-24-22-36(23-25-37)52(5,6)7)33-16-20-35(21-17-33)45-55-47(59-57-45)41-13-11-29-62(41)49(65)43(31(3)4)60(8)51(67)68/h14-25,30-31,38-43H,10-13,26-29H2,1-9H3,(H,53,66)(H,67,68)(H,54,56,58)(H,55,57,59)/t38-,39+,40-,41-,42-,43-/m0/s1. The number of methoxy groups -OCH3 is 1. The van der Waals surface area contributed by atoms with Crippen LogP contribution in [0.3, 0.4) is 0 Å². The Morgan fingerprint density at radius 1 is 0.696 bits per heavy atom. The minimum atomic E-state index is -1.14. The molecule has 0 aliphatic carbocycles. The van der Waals surface area contributed by atoms with Crippen LogP contribution in [-0.2, 0) is 19.7 Å². The van der Waals surface area contributed by atoms with Gasteiger partial charge < -0.3 is 29.9 Å². The smallest absolute Gasteiger partial charge is 0.407 e. The molecular formula is C52H67N11O6. The zero-order chi connectivity index (χ0) is 49.3. The van der Waals surface area contributed by atoms with Gasteiger partial charge in [-0.1, -0.05) is 109 Å². The van der Waals surface area contributed by atoms with Crippen LogP contribution in [0.25, 0.3) is 22.8 Å². The van der Waals surface area contributed by atoms with Crippen molar-refractivity contribution >= 4 is 29.7 Å². The number of hydrogen-bond donors (Lipinski definition) is 4. The fraction of sp³-hybridized carbons (Fsp3) is 0.500. The van der Waals surface area contributed by atoms with Crippen molar-refractivity contribution in [1.29, 1.82) is 0 Å². The topological polar surface area (TPSA) is 206 Å². The average Bonchev–Trinajstić information content (AvgIpc) is 4.20. The van der Waals surface area contributed by atoms with Gasteiger partial charge in [-0.2, -0.15) is 10.2 Å². The van der Waals surface area contributed by atoms with Crippen LogP contribution in [-0.4, -0.2) is 114 Å². The Bertz CT molecular complexity index is 2600. The van der Waals surface area contributed by atoms with E-state index in [1.807, 2.05) is 27.7 Å². The number of ether oxygens (including phenoxy) is 1. The second-order valence-electron chi connectivity index (χ2n) is 20.5. The number of benzene rings is 3. The Labute approximate surface area is 404 Å². The van der Waals surface area contributed by atoms with Gasteiger partial charge in [0, 0.05) is 37.0 Å². The first kappa shape index (κ1) is 48.7. The molecule has 3 aromatic carbocycles. The number of carboxylic acid groups (broad SMARTS) is 1. The number of nitrogens with one attached hydrogen (secondary N) is 3. The zero-order valence-corrected chi connectivity index (χ0v) is 41.3. The number of aromatic nitrogens is 6. The Kier molecular flexibility index (Phi) is 14.1. The van der Waals surface area contributed by atoms with Crippen molar-refractivity contribution in [2.75, 3.05) is 32.1 Å². The number of anilines is 1. The number of amides is 4. The minimum Gasteiger partial charge on any atom is -0.465 e. The van der Waals surface area contributed by atoms with Gasteiger partial charge in [-0.15, -0.1) is 0 Å². The van der Waals surface area contributed by atoms with E-state index in [0.717, 1.165) is 53.8 Å². The molecule has 5 aromatic rings. The lowest BCUT2D eigenvalue weighted by molar-refractivity contribution is -0.138. The lowest BCUT2D eigenvalue weighted by Crippen LogP contribution is -2.51. The van der Waals surface area contributed by atoms with Gasteiger partial charge in [0.1, 0.15) is 23.7 Å². The van der Waals surface area contributed by atoms with Gasteiger partial charge in [0.15, 0.2) is 11.6 Å². The van der Waals surface area contributed by atoms with Crippen molar-refractivity contribution in [2.45, 2.75) is 129 Å². The SMILES string of the molecule is COC(=O)N[C@H](C(=O)N1CCC[C@H]1c1nc(-c2ccc([C@@H]3CC[C@H](c4ccc(-c5n[nH]c([C@@H]6CCCN6C(=O)[C@H](C(C)C)N(C)C(=O)O)n5)cc4)N3c3ccc(C(C)(C)C)cc3)cc2)n[nH]1)C(C)C. The molecule has 3 aliphatic rings. The van der Waals surface area contributed by atoms with E-state index >= 15 is 0 Å². The number of rotatable bonds is 13. The second kappa shape index (κ2) is 20.1. The molecule has 17 nitrogen and oxygen atoms in total. The van der Waals surface area contributed by atoms with Gasteiger partial charge in [0.2, 0.25) is 11.8 Å². The van der Waals surface area contributed by atoms with E-state index < -0.39 is 24.3 Å². The van der Waals surface area contributed by atoms with Crippen molar-refractivity contribution < 1.29 is 29.0 Å². The minimum absolute atomic E-state index is 0.0112. The fourth-order valence-corrected chi connectivity index (χ4v) is 10.5. The number of aromatic amines is 2. The normalized spacial score (nSPS) is 20.4. The number of likely N-dealkylation sites (tertiary alicyclic amines) is 2. The van der Waals surface area contributed by atoms with Crippen molar-refractivity contribution in [3.63, 3.8) is 0 Å². The van der Waals surface area contributed by atoms with Crippen LogP contribution in [0.5, 0.6) is 0 Å². The quantitative estimate of drug-likeness (QED) is 0.0877. The fourth-order valence-electron chi connectivity index (χ4n) is 10.5. The molecule has 366 valence electrons. The van der Waals surface area contributed by atoms with Crippen LogP contribution in [0.1, 0.15) is 139 Å². The Morgan fingerprint density at radius 2 is 1.17 bits per heavy atom. The molecule has 0 bridgehead atoms. The van der Waals surface area contributed by atoms with Gasteiger partial charge in [-0.05, 0) is 84.6 Å². The molecule has 0 radical (unpaired) electrons. The van der Waals surface area contributed by atoms with Gasteiger partial charge in [0.25, 0.3) is 0 Å². The highest BCUT2D eigenvalue weighted by molar-refractivity contribution is 5.87. The Balaban J connectivity index is 1.01. The predicted molar refractivity (Wildman–Crippen MR) is 262 cm³/mol. The van der Waals surface area contributed by atoms with E-state index in [1.54, 1.807) is 9.80 Å². The molecule has 17 heteroatoms. The lowest BCUT2D eigenvalue weighted by Gasteiger charge is -2.34. The van der Waals surface area contributed by atoms with Gasteiger partial charge >= 0.3 is 12.2 Å². The van der Waals surface area contributed by atoms with Crippen LogP contribution in [0, 0.1) is 11.8 Å². The maximum absolute atomic E-state index is 13.8. The van der Waals surface area contributed by atoms with Crippen molar-refractivity contribution in [2.24, 2.45) is 11.8 Å². The molecule has 6 atom stereocenters. The molecule has 3 saturated heterocycles. The maximum Gasteiger partial charge on any atom is 0.407 e. The van der Waals surface area contributed by atoms with Crippen LogP contribution in [0.15, 0.2) is 72.8 Å². The van der Waals surface area contributed by atoms with E-state index in [4.69, 9.17) is 14.7 Å². The summed E-state index contributed by atoms with van der Waals surface area (Å²) in [5.41, 5.74) is 6.50. The molecule has 0 spiro atoms. The molecule has 2 aromatic heterocycles. The number of carbonyl (C=O) groups excluding carboxylic acids is 3. The van der Waals surface area contributed by atoms with Crippen LogP contribution in [0.4, 0.5) is 15.3 Å². The molecule has 3 fully saturated rings. The summed E-state index contributed by atoms with van der Waals surface area (Å²) in [6, 6.07) is 23.9. The number of carbonyl (C=O) groups is 4. The molecule has 3 aliphatic heterocycles. The lowest BCUT2D eigenvalue weighted by atomic mass is 9.87. The number of likely N-dealkylation sites (N-methyl/N-ethyl adjacent to an activating group) is 1. The molecular weight excluding hydrogens is 875 g/mol. The van der Waals surface area contributed by atoms with Gasteiger partial charge in [-0.25, -0.2) is 19.6 Å². The number of H-pyrrole nitrogens is 2. The summed E-state index contributed by atoms with van der Waals surface area (Å²) < 4.78 is 4.80. The van der Waals surface area contributed by atoms with E-state index in [1.165, 1.54) is 30.8 Å². The molecule has 8 rings (SSSR count). The van der Waals surface area contributed by atoms with Crippen molar-refractivity contribution in [3.8, 4) is 22.8 Å². The number of nitrogens with zero attached hydrogens (tertiary/aromatic N) is 8. The van der Waals surface area contributed by atoms with Crippen molar-refractivity contribution in [3.05, 3.63) is 101 Å². The molecule has 0 unspecified atom stereocenters. The second-order valence-corrected chi connectivity index (χ2v) is 20.5. The summed E-state index contributed by atoms with van der Waals surface area (Å²) in [6.07, 6.45) is 3.15. The molecule has 4 N–H and O–H groups in total. The third-order valence-electron chi connectivity index (χ3n) is 14.2. The summed E-state index contributed by atoms with van der Waals surface area (Å²) >= 11 is 0. The molecule has 5 heterocycles. The van der Waals surface area contributed by atoms with Crippen LogP contribution >= 0.6 is 0 Å². The summed E-state index contributed by atoms with van der Waals surface area (Å²) in [4.78, 5) is 68.4. The third-order valence-corrected chi connectivity index (χ3v) is 14.2. The van der Waals surface area contributed by atoms with E-state index in [2.05, 4.69) is 124 Å². The van der Waals surface area contributed by atoms with Gasteiger partial charge in [-0.3, -0.25) is 24.7 Å². The monoisotopic (exact) mass is 942 g/mol. The van der Waals surface area contributed by atoms with E-state index in [0.29, 0.717) is 42.8 Å². The highest BCUT2D eigenvalue weighted by Gasteiger charge is 2.41. The van der Waals surface area contributed by atoms with Gasteiger partial charge in [0.05, 0.1) is 31.3 Å². The summed E-state index contributed by atoms with van der Waals surface area (Å²) in [7, 11) is 2.74. The Morgan fingerprint density at radius 3 is 1.59 bits per heavy atom. The average molecular weight is 942 g/mol. The van der Waals surface area contributed by atoms with Crippen LogP contribution in [0.2, 0.25) is 0 Å². The molecule has 0 saturated carbocycles. The predicted octanol–water partition coefficient (Wildman–Crippen LogP) is 8.98. The highest BCUT2D eigenvalue weighted by Crippen LogP contribution is 2.48. The summed E-state index contributed by atoms with van der Waals surface area (Å²) in [5.74, 6) is 1.59. The Hall–Kier alpha value is -6.78. The first-order valence-corrected chi connectivity index (χ1v) is 24.3. The van der Waals surface area contributed by atoms with E-state index in [9.17, 15) is 24.3 Å². The maximum atomic E-state index is 13.8. The number of alkyl carbamates (subject to hydrolysis) is 1. The first-order valence-electron chi connectivity index (χ1n) is 24.3. The molecule has 69 heavy (non-hydrogen) atoms. The summed E-state index contributed by atoms with van der Waals surface area (Å²) in [6.45, 7) is 15.3. The van der Waals surface area contributed by atoms with Crippen LogP contribution < -0.4 is 10.2 Å². The largest absolute Gasteiger partial charge is 0.465 e. The zero-order valence-electron chi connectivity index (χ0n) is 41.3. The first-order chi connectivity index (χ1) is 32.9. The third kappa shape index (κ3) is 10.0. The molecule has 4 amide bonds. The summed E-state index contributed by atoms with van der Waals surface area (Å²) in [5, 5.41) is 27.8. The van der Waals surface area contributed by atoms with Crippen molar-refractivity contribution in [1.82, 2.24) is 50.4 Å².